The van der Waals surface area contributed by atoms with Gasteiger partial charge in [0.1, 0.15) is 17.1 Å². The molecule has 38 heavy (non-hydrogen) atoms. The van der Waals surface area contributed by atoms with Crippen molar-refractivity contribution in [2.24, 2.45) is 5.92 Å². The molecule has 2 fully saturated rings. The van der Waals surface area contributed by atoms with Crippen molar-refractivity contribution in [3.05, 3.63) is 52.9 Å². The van der Waals surface area contributed by atoms with Gasteiger partial charge >= 0.3 is 5.97 Å². The van der Waals surface area contributed by atoms with Crippen LogP contribution in [0.1, 0.15) is 59.4 Å². The fourth-order valence-corrected chi connectivity index (χ4v) is 5.29. The van der Waals surface area contributed by atoms with E-state index in [-0.39, 0.29) is 46.6 Å². The number of ether oxygens (including phenoxy) is 1. The molecule has 1 saturated heterocycles. The van der Waals surface area contributed by atoms with Crippen molar-refractivity contribution in [1.82, 2.24) is 9.88 Å². The molecule has 1 aliphatic carbocycles. The standard InChI is InChI=1S/C27H27ClN4O6/c1-37-27(36)16-6-10-20-19(13-16)23(24(38-20)26(35)30-21-11-7-17(28)14-29-21)31-25(34)15-4-8-18(9-5-15)32-12-2-3-22(32)33/h6-7,10-11,13-15,18H,2-5,8-9,12H2,1H3,(H,31,34)(H,29,30,35). The van der Waals surface area contributed by atoms with Gasteiger partial charge in [-0.05, 0) is 62.4 Å². The molecule has 1 aliphatic heterocycles. The molecule has 0 bridgehead atoms. The minimum absolute atomic E-state index is 0.122. The normalized spacial score (nSPS) is 19.4. The monoisotopic (exact) mass is 538 g/mol. The number of fused-ring (bicyclic) bond motifs is 1. The van der Waals surface area contributed by atoms with Gasteiger partial charge in [-0.25, -0.2) is 9.78 Å². The number of nitrogens with zero attached hydrogens (tertiary/aromatic N) is 2. The fraction of sp³-hybridized carbons (Fsp3) is 0.370. The zero-order valence-corrected chi connectivity index (χ0v) is 21.5. The van der Waals surface area contributed by atoms with Gasteiger partial charge in [0.05, 0.1) is 17.7 Å². The number of carbonyl (C=O) groups is 4. The highest BCUT2D eigenvalue weighted by Gasteiger charge is 2.34. The number of aromatic nitrogens is 1. The lowest BCUT2D eigenvalue weighted by Crippen LogP contribution is -2.40. The first-order chi connectivity index (χ1) is 18.3. The van der Waals surface area contributed by atoms with Gasteiger partial charge in [0.15, 0.2) is 0 Å². The Labute approximate surface area is 223 Å². The number of rotatable bonds is 6. The number of esters is 1. The first-order valence-electron chi connectivity index (χ1n) is 12.5. The summed E-state index contributed by atoms with van der Waals surface area (Å²) < 4.78 is 10.7. The van der Waals surface area contributed by atoms with Crippen molar-refractivity contribution >= 4 is 57.8 Å². The zero-order valence-electron chi connectivity index (χ0n) is 20.8. The molecule has 0 spiro atoms. The van der Waals surface area contributed by atoms with E-state index in [4.69, 9.17) is 20.8 Å². The number of benzene rings is 1. The third-order valence-electron chi connectivity index (χ3n) is 7.15. The van der Waals surface area contributed by atoms with E-state index in [2.05, 4.69) is 15.6 Å². The number of anilines is 2. The van der Waals surface area contributed by atoms with Gasteiger partial charge in [-0.1, -0.05) is 11.6 Å². The Morgan fingerprint density at radius 3 is 2.55 bits per heavy atom. The summed E-state index contributed by atoms with van der Waals surface area (Å²) in [5.41, 5.74) is 0.732. The third kappa shape index (κ3) is 5.22. The Morgan fingerprint density at radius 2 is 1.89 bits per heavy atom. The van der Waals surface area contributed by atoms with Crippen LogP contribution in [0.3, 0.4) is 0 Å². The Morgan fingerprint density at radius 1 is 1.11 bits per heavy atom. The van der Waals surface area contributed by atoms with Crippen molar-refractivity contribution in [1.29, 1.82) is 0 Å². The Hall–Kier alpha value is -3.92. The number of halogens is 1. The van der Waals surface area contributed by atoms with Gasteiger partial charge in [-0.3, -0.25) is 14.4 Å². The Kier molecular flexibility index (Phi) is 7.33. The summed E-state index contributed by atoms with van der Waals surface area (Å²) in [5.74, 6) is -1.40. The van der Waals surface area contributed by atoms with Gasteiger partial charge in [0, 0.05) is 36.5 Å². The van der Waals surface area contributed by atoms with E-state index in [1.54, 1.807) is 18.2 Å². The lowest BCUT2D eigenvalue weighted by atomic mass is 9.84. The number of furan rings is 1. The number of amides is 3. The predicted octanol–water partition coefficient (Wildman–Crippen LogP) is 4.64. The average Bonchev–Trinajstić information content (AvgIpc) is 3.52. The quantitative estimate of drug-likeness (QED) is 0.437. The molecule has 2 aliphatic rings. The highest BCUT2D eigenvalue weighted by atomic mass is 35.5. The largest absolute Gasteiger partial charge is 0.465 e. The molecule has 2 N–H and O–H groups in total. The SMILES string of the molecule is COC(=O)c1ccc2oc(C(=O)Nc3ccc(Cl)cn3)c(NC(=O)C3CCC(N4CCCC4=O)CC3)c2c1. The van der Waals surface area contributed by atoms with Crippen LogP contribution in [-0.4, -0.2) is 53.3 Å². The maximum Gasteiger partial charge on any atom is 0.337 e. The molecule has 5 rings (SSSR count). The van der Waals surface area contributed by atoms with Crippen LogP contribution in [0.25, 0.3) is 11.0 Å². The molecular formula is C27H27ClN4O6. The Balaban J connectivity index is 1.39. The van der Waals surface area contributed by atoms with Crippen molar-refractivity contribution in [3.63, 3.8) is 0 Å². The van der Waals surface area contributed by atoms with E-state index >= 15 is 0 Å². The molecule has 0 radical (unpaired) electrons. The second-order valence-corrected chi connectivity index (χ2v) is 9.95. The van der Waals surface area contributed by atoms with Crippen molar-refractivity contribution < 1.29 is 28.3 Å². The molecule has 3 amide bonds. The number of likely N-dealkylation sites (tertiary alicyclic amines) is 1. The topological polar surface area (TPSA) is 131 Å². The van der Waals surface area contributed by atoms with E-state index in [0.29, 0.717) is 35.3 Å². The number of pyridine rings is 1. The smallest absolute Gasteiger partial charge is 0.337 e. The van der Waals surface area contributed by atoms with Crippen molar-refractivity contribution in [3.8, 4) is 0 Å². The Bertz CT molecular complexity index is 1390. The molecule has 11 heteroatoms. The molecule has 10 nitrogen and oxygen atoms in total. The fourth-order valence-electron chi connectivity index (χ4n) is 5.18. The number of nitrogens with one attached hydrogen (secondary N) is 2. The molecule has 3 aromatic rings. The lowest BCUT2D eigenvalue weighted by Gasteiger charge is -2.34. The van der Waals surface area contributed by atoms with Crippen LogP contribution in [0.5, 0.6) is 0 Å². The number of methoxy groups -OCH3 is 1. The van der Waals surface area contributed by atoms with Gasteiger partial charge in [-0.2, -0.15) is 0 Å². The highest BCUT2D eigenvalue weighted by molar-refractivity contribution is 6.30. The van der Waals surface area contributed by atoms with Crippen molar-refractivity contribution in [2.45, 2.75) is 44.6 Å². The van der Waals surface area contributed by atoms with E-state index in [0.717, 1.165) is 25.8 Å². The summed E-state index contributed by atoms with van der Waals surface area (Å²) in [7, 11) is 1.27. The number of hydrogen-bond donors (Lipinski definition) is 2. The highest BCUT2D eigenvalue weighted by Crippen LogP contribution is 2.35. The van der Waals surface area contributed by atoms with E-state index in [1.165, 1.54) is 25.4 Å². The zero-order chi connectivity index (χ0) is 26.8. The van der Waals surface area contributed by atoms with Crippen molar-refractivity contribution in [2.75, 3.05) is 24.3 Å². The molecular weight excluding hydrogens is 512 g/mol. The van der Waals surface area contributed by atoms with Crippen LogP contribution < -0.4 is 10.6 Å². The summed E-state index contributed by atoms with van der Waals surface area (Å²) in [5, 5.41) is 6.35. The second kappa shape index (κ2) is 10.8. The maximum absolute atomic E-state index is 13.4. The van der Waals surface area contributed by atoms with Crippen LogP contribution >= 0.6 is 11.6 Å². The second-order valence-electron chi connectivity index (χ2n) is 9.51. The summed E-state index contributed by atoms with van der Waals surface area (Å²) in [4.78, 5) is 56.8. The first-order valence-corrected chi connectivity index (χ1v) is 12.9. The number of carbonyl (C=O) groups excluding carboxylic acids is 4. The van der Waals surface area contributed by atoms with Crippen LogP contribution in [0.15, 0.2) is 40.9 Å². The summed E-state index contributed by atoms with van der Waals surface area (Å²) >= 11 is 5.88. The van der Waals surface area contributed by atoms with Gasteiger partial charge < -0.3 is 24.7 Å². The van der Waals surface area contributed by atoms with E-state index < -0.39 is 11.9 Å². The first kappa shape index (κ1) is 25.7. The number of hydrogen-bond acceptors (Lipinski definition) is 7. The van der Waals surface area contributed by atoms with Gasteiger partial charge in [0.2, 0.25) is 17.6 Å². The van der Waals surface area contributed by atoms with Crippen LogP contribution in [0, 0.1) is 5.92 Å². The van der Waals surface area contributed by atoms with Crippen LogP contribution in [0.4, 0.5) is 11.5 Å². The maximum atomic E-state index is 13.4. The molecule has 1 aromatic carbocycles. The minimum Gasteiger partial charge on any atom is -0.465 e. The third-order valence-corrected chi connectivity index (χ3v) is 7.37. The lowest BCUT2D eigenvalue weighted by molar-refractivity contribution is -0.130. The van der Waals surface area contributed by atoms with Crippen LogP contribution in [-0.2, 0) is 14.3 Å². The van der Waals surface area contributed by atoms with Gasteiger partial charge in [-0.15, -0.1) is 0 Å². The summed E-state index contributed by atoms with van der Waals surface area (Å²) in [6.07, 6.45) is 5.62. The predicted molar refractivity (Wildman–Crippen MR) is 140 cm³/mol. The molecule has 1 saturated carbocycles. The summed E-state index contributed by atoms with van der Waals surface area (Å²) in [6, 6.07) is 7.88. The molecule has 3 heterocycles. The van der Waals surface area contributed by atoms with E-state index in [1.807, 2.05) is 4.90 Å². The average molecular weight is 539 g/mol. The molecule has 0 unspecified atom stereocenters. The summed E-state index contributed by atoms with van der Waals surface area (Å²) in [6.45, 7) is 0.783. The minimum atomic E-state index is -0.623. The van der Waals surface area contributed by atoms with Gasteiger partial charge in [0.25, 0.3) is 5.91 Å². The molecule has 0 atom stereocenters. The molecule has 198 valence electrons. The van der Waals surface area contributed by atoms with Crippen LogP contribution in [0.2, 0.25) is 5.02 Å². The van der Waals surface area contributed by atoms with E-state index in [9.17, 15) is 19.2 Å². The molecule has 2 aromatic heterocycles.